The lowest BCUT2D eigenvalue weighted by Gasteiger charge is -2.12. The summed E-state index contributed by atoms with van der Waals surface area (Å²) in [7, 11) is 0. The second kappa shape index (κ2) is 3.88. The van der Waals surface area contributed by atoms with E-state index >= 15 is 0 Å². The molecule has 0 saturated heterocycles. The van der Waals surface area contributed by atoms with Crippen molar-refractivity contribution in [1.29, 1.82) is 0 Å². The predicted octanol–water partition coefficient (Wildman–Crippen LogP) is 2.12. The maximum absolute atomic E-state index is 5.57. The molecule has 0 saturated carbocycles. The SMILES string of the molecule is NCc1csc(N2Cc3ccccc3C2)n1. The van der Waals surface area contributed by atoms with Crippen molar-refractivity contribution in [3.63, 3.8) is 0 Å². The molecular weight excluding hydrogens is 218 g/mol. The number of thiazole rings is 1. The molecule has 0 amide bonds. The van der Waals surface area contributed by atoms with Gasteiger partial charge in [0.25, 0.3) is 0 Å². The standard InChI is InChI=1S/C12H13N3S/c13-5-11-8-16-12(14-11)15-6-9-3-1-2-4-10(9)7-15/h1-4,8H,5-7,13H2. The van der Waals surface area contributed by atoms with Crippen molar-refractivity contribution in [3.8, 4) is 0 Å². The van der Waals surface area contributed by atoms with Crippen LogP contribution >= 0.6 is 11.3 Å². The molecule has 1 aliphatic rings. The van der Waals surface area contributed by atoms with Crippen molar-refractivity contribution < 1.29 is 0 Å². The van der Waals surface area contributed by atoms with Gasteiger partial charge in [-0.25, -0.2) is 4.98 Å². The van der Waals surface area contributed by atoms with Crippen LogP contribution in [0.15, 0.2) is 29.6 Å². The summed E-state index contributed by atoms with van der Waals surface area (Å²) in [5.74, 6) is 0. The van der Waals surface area contributed by atoms with Crippen LogP contribution in [0.1, 0.15) is 16.8 Å². The zero-order valence-corrected chi connectivity index (χ0v) is 9.70. The Morgan fingerprint density at radius 1 is 1.25 bits per heavy atom. The van der Waals surface area contributed by atoms with Crippen LogP contribution in [0.4, 0.5) is 5.13 Å². The Bertz CT molecular complexity index is 481. The van der Waals surface area contributed by atoms with Gasteiger partial charge >= 0.3 is 0 Å². The average molecular weight is 231 g/mol. The fourth-order valence-electron chi connectivity index (χ4n) is 2.00. The quantitative estimate of drug-likeness (QED) is 0.861. The minimum atomic E-state index is 0.525. The lowest BCUT2D eigenvalue weighted by molar-refractivity contribution is 0.863. The first-order chi connectivity index (χ1) is 7.86. The molecule has 0 radical (unpaired) electrons. The summed E-state index contributed by atoms with van der Waals surface area (Å²) in [5, 5.41) is 3.12. The van der Waals surface area contributed by atoms with E-state index in [1.165, 1.54) is 11.1 Å². The Morgan fingerprint density at radius 3 is 2.50 bits per heavy atom. The number of aromatic nitrogens is 1. The molecule has 1 aliphatic heterocycles. The van der Waals surface area contributed by atoms with Gasteiger partial charge in [0.2, 0.25) is 0 Å². The van der Waals surface area contributed by atoms with Crippen LogP contribution in [-0.2, 0) is 19.6 Å². The minimum absolute atomic E-state index is 0.525. The second-order valence-electron chi connectivity index (χ2n) is 3.95. The Kier molecular flexibility index (Phi) is 2.38. The first-order valence-electron chi connectivity index (χ1n) is 5.33. The second-order valence-corrected chi connectivity index (χ2v) is 4.79. The van der Waals surface area contributed by atoms with Gasteiger partial charge in [-0.1, -0.05) is 24.3 Å². The zero-order chi connectivity index (χ0) is 11.0. The van der Waals surface area contributed by atoms with E-state index in [9.17, 15) is 0 Å². The van der Waals surface area contributed by atoms with Crippen molar-refractivity contribution in [2.45, 2.75) is 19.6 Å². The van der Waals surface area contributed by atoms with Gasteiger partial charge in [0.15, 0.2) is 5.13 Å². The van der Waals surface area contributed by atoms with Crippen LogP contribution in [0.25, 0.3) is 0 Å². The molecule has 0 atom stereocenters. The third kappa shape index (κ3) is 1.60. The molecule has 16 heavy (non-hydrogen) atoms. The third-order valence-corrected chi connectivity index (χ3v) is 3.81. The molecule has 0 fully saturated rings. The molecule has 82 valence electrons. The Balaban J connectivity index is 1.85. The topological polar surface area (TPSA) is 42.1 Å². The van der Waals surface area contributed by atoms with E-state index in [1.807, 2.05) is 5.38 Å². The van der Waals surface area contributed by atoms with Crippen molar-refractivity contribution in [3.05, 3.63) is 46.5 Å². The van der Waals surface area contributed by atoms with Crippen molar-refractivity contribution in [2.24, 2.45) is 5.73 Å². The normalized spacial score (nSPS) is 14.2. The summed E-state index contributed by atoms with van der Waals surface area (Å²) in [5.41, 5.74) is 9.37. The van der Waals surface area contributed by atoms with Gasteiger partial charge in [-0.15, -0.1) is 11.3 Å². The fourth-order valence-corrected chi connectivity index (χ4v) is 2.84. The highest BCUT2D eigenvalue weighted by atomic mass is 32.1. The van der Waals surface area contributed by atoms with Gasteiger partial charge in [0.05, 0.1) is 5.69 Å². The van der Waals surface area contributed by atoms with E-state index in [0.29, 0.717) is 6.54 Å². The number of benzene rings is 1. The van der Waals surface area contributed by atoms with E-state index in [0.717, 1.165) is 23.9 Å². The lowest BCUT2D eigenvalue weighted by atomic mass is 10.1. The predicted molar refractivity (Wildman–Crippen MR) is 66.3 cm³/mol. The van der Waals surface area contributed by atoms with Gasteiger partial charge in [-0.05, 0) is 11.1 Å². The van der Waals surface area contributed by atoms with Gasteiger partial charge in [-0.3, -0.25) is 0 Å². The molecule has 1 aromatic carbocycles. The number of nitrogens with two attached hydrogens (primary N) is 1. The van der Waals surface area contributed by atoms with E-state index in [2.05, 4.69) is 34.1 Å². The van der Waals surface area contributed by atoms with Crippen LogP contribution in [0.3, 0.4) is 0 Å². The number of nitrogens with zero attached hydrogens (tertiary/aromatic N) is 2. The molecule has 3 nitrogen and oxygen atoms in total. The maximum Gasteiger partial charge on any atom is 0.186 e. The maximum atomic E-state index is 5.57. The molecule has 0 unspecified atom stereocenters. The van der Waals surface area contributed by atoms with Crippen LogP contribution in [0.5, 0.6) is 0 Å². The molecule has 2 aromatic rings. The highest BCUT2D eigenvalue weighted by Crippen LogP contribution is 2.30. The summed E-state index contributed by atoms with van der Waals surface area (Å²) < 4.78 is 0. The van der Waals surface area contributed by atoms with Crippen LogP contribution < -0.4 is 10.6 Å². The Labute approximate surface area is 98.5 Å². The fraction of sp³-hybridized carbons (Fsp3) is 0.250. The summed E-state index contributed by atoms with van der Waals surface area (Å²) >= 11 is 1.68. The molecule has 0 bridgehead atoms. The number of rotatable bonds is 2. The van der Waals surface area contributed by atoms with Gasteiger partial charge in [0.1, 0.15) is 0 Å². The molecule has 4 heteroatoms. The molecule has 0 aliphatic carbocycles. The largest absolute Gasteiger partial charge is 0.339 e. The Hall–Kier alpha value is -1.39. The summed E-state index contributed by atoms with van der Waals surface area (Å²) in [6, 6.07) is 8.56. The molecule has 1 aromatic heterocycles. The van der Waals surface area contributed by atoms with Crippen molar-refractivity contribution in [2.75, 3.05) is 4.90 Å². The van der Waals surface area contributed by atoms with Crippen LogP contribution in [0, 0.1) is 0 Å². The monoisotopic (exact) mass is 231 g/mol. The van der Waals surface area contributed by atoms with Gasteiger partial charge in [-0.2, -0.15) is 0 Å². The molecule has 3 rings (SSSR count). The van der Waals surface area contributed by atoms with Crippen molar-refractivity contribution >= 4 is 16.5 Å². The summed E-state index contributed by atoms with van der Waals surface area (Å²) in [6.45, 7) is 2.46. The molecule has 0 spiro atoms. The van der Waals surface area contributed by atoms with Crippen LogP contribution in [0.2, 0.25) is 0 Å². The zero-order valence-electron chi connectivity index (χ0n) is 8.89. The van der Waals surface area contributed by atoms with E-state index in [1.54, 1.807) is 11.3 Å². The molecular formula is C12H13N3S. The minimum Gasteiger partial charge on any atom is -0.339 e. The smallest absolute Gasteiger partial charge is 0.186 e. The third-order valence-electron chi connectivity index (χ3n) is 2.86. The number of fused-ring (bicyclic) bond motifs is 1. The first-order valence-corrected chi connectivity index (χ1v) is 6.21. The van der Waals surface area contributed by atoms with E-state index in [-0.39, 0.29) is 0 Å². The van der Waals surface area contributed by atoms with Crippen LogP contribution in [-0.4, -0.2) is 4.98 Å². The molecule has 2 heterocycles. The van der Waals surface area contributed by atoms with Crippen molar-refractivity contribution in [1.82, 2.24) is 4.98 Å². The number of hydrogen-bond donors (Lipinski definition) is 1. The average Bonchev–Trinajstić information content (AvgIpc) is 2.95. The summed E-state index contributed by atoms with van der Waals surface area (Å²) in [4.78, 5) is 6.81. The first kappa shape index (κ1) is 9.81. The Morgan fingerprint density at radius 2 is 1.94 bits per heavy atom. The number of anilines is 1. The summed E-state index contributed by atoms with van der Waals surface area (Å²) in [6.07, 6.45) is 0. The van der Waals surface area contributed by atoms with Gasteiger partial charge < -0.3 is 10.6 Å². The molecule has 2 N–H and O–H groups in total. The highest BCUT2D eigenvalue weighted by molar-refractivity contribution is 7.13. The van der Waals surface area contributed by atoms with Gasteiger partial charge in [0, 0.05) is 25.0 Å². The van der Waals surface area contributed by atoms with E-state index in [4.69, 9.17) is 5.73 Å². The number of hydrogen-bond acceptors (Lipinski definition) is 4. The lowest BCUT2D eigenvalue weighted by Crippen LogP contribution is -2.14. The highest BCUT2D eigenvalue weighted by Gasteiger charge is 2.20. The van der Waals surface area contributed by atoms with E-state index < -0.39 is 0 Å².